The van der Waals surface area contributed by atoms with E-state index in [4.69, 9.17) is 0 Å². The number of allylic oxidation sites excluding steroid dienone is 1. The van der Waals surface area contributed by atoms with Crippen molar-refractivity contribution in [1.82, 2.24) is 0 Å². The van der Waals surface area contributed by atoms with Crippen LogP contribution in [0.25, 0.3) is 0 Å². The van der Waals surface area contributed by atoms with E-state index in [1.54, 1.807) is 26.2 Å². The Labute approximate surface area is 128 Å². The van der Waals surface area contributed by atoms with Crippen molar-refractivity contribution < 1.29 is 8.22 Å². The van der Waals surface area contributed by atoms with E-state index in [9.17, 15) is 8.22 Å². The van der Waals surface area contributed by atoms with Gasteiger partial charge in [-0.25, -0.2) is 0 Å². The molecule has 0 nitrogen and oxygen atoms in total. The molecule has 6 heteroatoms. The van der Waals surface area contributed by atoms with Gasteiger partial charge in [-0.3, -0.25) is 0 Å². The van der Waals surface area contributed by atoms with E-state index < -0.39 is 33.0 Å². The third kappa shape index (κ3) is 6.65. The van der Waals surface area contributed by atoms with Crippen LogP contribution >= 0.6 is 0 Å². The Balaban J connectivity index is 6.43. The molecule has 0 aromatic rings. The summed E-state index contributed by atoms with van der Waals surface area (Å²) in [6.45, 7) is 19.4. The van der Waals surface area contributed by atoms with Crippen molar-refractivity contribution in [2.75, 3.05) is 0 Å². The van der Waals surface area contributed by atoms with Crippen molar-refractivity contribution in [3.63, 3.8) is 0 Å². The number of hydrogen-bond acceptors (Lipinski definition) is 0. The first kappa shape index (κ1) is 20.0. The van der Waals surface area contributed by atoms with Gasteiger partial charge in [-0.2, -0.15) is 0 Å². The van der Waals surface area contributed by atoms with Crippen molar-refractivity contribution in [2.24, 2.45) is 0 Å². The van der Waals surface area contributed by atoms with Crippen LogP contribution in [0.3, 0.4) is 0 Å². The molecule has 0 bridgehead atoms. The largest absolute Gasteiger partial charge is 0.309 e. The molecule has 116 valence electrons. The standard InChI is InChI=1S/C14H30F2Si4/c1-17(2,3)12-11-13(19(7,8)15)14(18(4,5)6)20(9,10)16/h1-10H3/b14-13-. The summed E-state index contributed by atoms with van der Waals surface area (Å²) in [7, 11) is -9.67. The van der Waals surface area contributed by atoms with E-state index in [0.717, 1.165) is 4.82 Å². The molecule has 0 aliphatic carbocycles. The molecule has 0 radical (unpaired) electrons. The van der Waals surface area contributed by atoms with Crippen LogP contribution in [0, 0.1) is 11.5 Å². The Kier molecular flexibility index (Phi) is 6.04. The van der Waals surface area contributed by atoms with Gasteiger partial charge in [-0.15, -0.1) is 5.54 Å². The van der Waals surface area contributed by atoms with Crippen molar-refractivity contribution >= 4 is 33.0 Å². The smallest absolute Gasteiger partial charge is 0.279 e. The summed E-state index contributed by atoms with van der Waals surface area (Å²) in [6, 6.07) is 0. The third-order valence-electron chi connectivity index (χ3n) is 2.75. The minimum atomic E-state index is -3.11. The first-order valence-corrected chi connectivity index (χ1v) is 19.9. The Morgan fingerprint density at radius 3 is 1.30 bits per heavy atom. The first-order valence-electron chi connectivity index (χ1n) is 7.13. The van der Waals surface area contributed by atoms with Crippen LogP contribution in [0.5, 0.6) is 0 Å². The molecule has 0 spiro atoms. The zero-order valence-corrected chi connectivity index (χ0v) is 18.8. The number of rotatable bonds is 3. The molecule has 0 aromatic carbocycles. The highest BCUT2D eigenvalue weighted by atomic mass is 28.4. The third-order valence-corrected chi connectivity index (χ3v) is 12.9. The molecule has 0 aliphatic rings. The fourth-order valence-electron chi connectivity index (χ4n) is 2.32. The van der Waals surface area contributed by atoms with Gasteiger partial charge < -0.3 is 8.22 Å². The average Bonchev–Trinajstić information content (AvgIpc) is 2.03. The first-order chi connectivity index (χ1) is 8.46. The van der Waals surface area contributed by atoms with Crippen LogP contribution in [-0.4, -0.2) is 33.0 Å². The van der Waals surface area contributed by atoms with Gasteiger partial charge >= 0.3 is 0 Å². The topological polar surface area (TPSA) is 0 Å². The maximum Gasteiger partial charge on any atom is 0.279 e. The zero-order valence-electron chi connectivity index (χ0n) is 14.8. The molecule has 0 saturated heterocycles. The van der Waals surface area contributed by atoms with Crippen LogP contribution in [0.15, 0.2) is 10.0 Å². The van der Waals surface area contributed by atoms with Gasteiger partial charge in [0.1, 0.15) is 8.07 Å². The van der Waals surface area contributed by atoms with Crippen molar-refractivity contribution in [3.05, 3.63) is 10.0 Å². The Morgan fingerprint density at radius 1 is 0.700 bits per heavy atom. The van der Waals surface area contributed by atoms with Crippen molar-refractivity contribution in [2.45, 2.75) is 65.5 Å². The summed E-state index contributed by atoms with van der Waals surface area (Å²) in [5, 5.41) is 0.568. The van der Waals surface area contributed by atoms with Gasteiger partial charge in [0.15, 0.2) is 0 Å². The fourth-order valence-corrected chi connectivity index (χ4v) is 16.3. The highest BCUT2D eigenvalue weighted by molar-refractivity contribution is 7.04. The Bertz CT molecular complexity index is 427. The number of hydrogen-bond donors (Lipinski definition) is 0. The maximum atomic E-state index is 14.9. The molecule has 0 unspecified atom stereocenters. The summed E-state index contributed by atoms with van der Waals surface area (Å²) in [5.41, 5.74) is 3.26. The second kappa shape index (κ2) is 6.03. The summed E-state index contributed by atoms with van der Waals surface area (Å²) in [4.78, 5) is 0.801. The van der Waals surface area contributed by atoms with Crippen LogP contribution in [0.4, 0.5) is 8.22 Å². The molecule has 0 heterocycles. The molecule has 0 saturated carbocycles. The van der Waals surface area contributed by atoms with Gasteiger partial charge in [0.05, 0.1) is 8.07 Å². The summed E-state index contributed by atoms with van der Waals surface area (Å²) in [5.74, 6) is 3.12. The van der Waals surface area contributed by atoms with E-state index >= 15 is 0 Å². The molecule has 0 aliphatic heterocycles. The molecule has 0 atom stereocenters. The second-order valence-electron chi connectivity index (χ2n) is 8.44. The lowest BCUT2D eigenvalue weighted by Crippen LogP contribution is -2.44. The van der Waals surface area contributed by atoms with Gasteiger partial charge in [0.25, 0.3) is 16.8 Å². The minimum Gasteiger partial charge on any atom is -0.309 e. The monoisotopic (exact) mass is 348 g/mol. The number of halogens is 2. The quantitative estimate of drug-likeness (QED) is 0.360. The molecule has 0 N–H and O–H groups in total. The molecular formula is C14H30F2Si4. The lowest BCUT2D eigenvalue weighted by molar-refractivity contribution is 0.804. The summed E-state index contributed by atoms with van der Waals surface area (Å²) >= 11 is 0. The molecular weight excluding hydrogens is 318 g/mol. The SMILES string of the molecule is C[Si](C)(C)C#C/C(=C(\[Si](C)(C)C)[Si](C)(C)F)[Si](C)(C)F. The van der Waals surface area contributed by atoms with E-state index in [-0.39, 0.29) is 0 Å². The van der Waals surface area contributed by atoms with E-state index in [1.807, 2.05) is 0 Å². The fraction of sp³-hybridized carbons (Fsp3) is 0.714. The minimum absolute atomic E-state index is 0.568. The molecule has 0 amide bonds. The van der Waals surface area contributed by atoms with E-state index in [1.165, 1.54) is 0 Å². The second-order valence-corrected chi connectivity index (χ2v) is 25.6. The lowest BCUT2D eigenvalue weighted by Gasteiger charge is -2.32. The maximum absolute atomic E-state index is 14.9. The molecule has 0 rings (SSSR count). The van der Waals surface area contributed by atoms with Gasteiger partial charge in [-0.1, -0.05) is 50.0 Å². The van der Waals surface area contributed by atoms with Gasteiger partial charge in [0.2, 0.25) is 0 Å². The van der Waals surface area contributed by atoms with Crippen LogP contribution in [-0.2, 0) is 0 Å². The predicted octanol–water partition coefficient (Wildman–Crippen LogP) is 5.47. The van der Waals surface area contributed by atoms with Gasteiger partial charge in [-0.05, 0) is 26.2 Å². The Hall–Kier alpha value is 0.0275. The normalized spacial score (nSPS) is 15.4. The summed E-state index contributed by atoms with van der Waals surface area (Å²) < 4.78 is 29.7. The predicted molar refractivity (Wildman–Crippen MR) is 98.7 cm³/mol. The average molecular weight is 349 g/mol. The van der Waals surface area contributed by atoms with E-state index in [2.05, 4.69) is 50.7 Å². The summed E-state index contributed by atoms with van der Waals surface area (Å²) in [6.07, 6.45) is 0. The van der Waals surface area contributed by atoms with Crippen molar-refractivity contribution in [1.29, 1.82) is 0 Å². The Morgan fingerprint density at radius 2 is 1.10 bits per heavy atom. The molecule has 0 fully saturated rings. The molecule has 0 aromatic heterocycles. The highest BCUT2D eigenvalue weighted by Crippen LogP contribution is 2.33. The zero-order chi connectivity index (χ0) is 16.6. The van der Waals surface area contributed by atoms with E-state index in [0.29, 0.717) is 5.20 Å². The van der Waals surface area contributed by atoms with Crippen LogP contribution in [0.2, 0.25) is 65.5 Å². The van der Waals surface area contributed by atoms with Crippen LogP contribution in [0.1, 0.15) is 0 Å². The lowest BCUT2D eigenvalue weighted by atomic mass is 10.6. The van der Waals surface area contributed by atoms with Crippen LogP contribution < -0.4 is 0 Å². The van der Waals surface area contributed by atoms with Gasteiger partial charge in [0, 0.05) is 5.20 Å². The molecule has 20 heavy (non-hydrogen) atoms. The highest BCUT2D eigenvalue weighted by Gasteiger charge is 2.42. The van der Waals surface area contributed by atoms with Crippen molar-refractivity contribution in [3.8, 4) is 11.5 Å².